The summed E-state index contributed by atoms with van der Waals surface area (Å²) in [7, 11) is 0. The van der Waals surface area contributed by atoms with Crippen molar-refractivity contribution >= 4 is 5.82 Å². The van der Waals surface area contributed by atoms with E-state index in [0.29, 0.717) is 0 Å². The molecule has 9 heteroatoms. The van der Waals surface area contributed by atoms with Gasteiger partial charge in [0.1, 0.15) is 6.20 Å². The minimum Gasteiger partial charge on any atom is -0.358 e. The van der Waals surface area contributed by atoms with Crippen LogP contribution in [0.25, 0.3) is 11.4 Å². The quantitative estimate of drug-likeness (QED) is 0.472. The first kappa shape index (κ1) is 7.34. The Bertz CT molecular complexity index is 419. The Balaban J connectivity index is 2.52. The molecule has 0 N–H and O–H groups in total. The highest BCUT2D eigenvalue weighted by Crippen LogP contribution is 2.22. The third kappa shape index (κ3) is 1.11. The van der Waals surface area contributed by atoms with E-state index in [4.69, 9.17) is 0 Å². The lowest BCUT2D eigenvalue weighted by molar-refractivity contribution is -0.390. The van der Waals surface area contributed by atoms with Crippen LogP contribution in [0.15, 0.2) is 15.5 Å². The van der Waals surface area contributed by atoms with Crippen molar-refractivity contribution in [3.8, 4) is 11.4 Å². The molecule has 13 heavy (non-hydrogen) atoms. The Hall–Kier alpha value is -2.32. The average Bonchev–Trinajstić information content (AvgIpc) is 2.74. The Morgan fingerprint density at radius 2 is 2.15 bits per heavy atom. The zero-order valence-corrected chi connectivity index (χ0v) is 5.95. The van der Waals surface area contributed by atoms with Gasteiger partial charge in [-0.2, -0.15) is 0 Å². The Morgan fingerprint density at radius 1 is 1.31 bits per heavy atom. The fourth-order valence-electron chi connectivity index (χ4n) is 0.734. The van der Waals surface area contributed by atoms with Crippen molar-refractivity contribution in [1.82, 2.24) is 20.6 Å². The standard InChI is InChI=1S/C4HN5O4/c10-9(11)4-3(7-13-8-4)2-1-5-12-6-2/h1H. The van der Waals surface area contributed by atoms with Gasteiger partial charge in [-0.25, -0.2) is 4.63 Å². The first-order chi connectivity index (χ1) is 6.29. The molecule has 2 rings (SSSR count). The summed E-state index contributed by atoms with van der Waals surface area (Å²) in [4.78, 5) is 9.61. The molecule has 2 heterocycles. The van der Waals surface area contributed by atoms with Crippen molar-refractivity contribution in [2.24, 2.45) is 0 Å². The molecule has 0 saturated heterocycles. The molecule has 0 amide bonds. The molecule has 0 spiro atoms. The van der Waals surface area contributed by atoms with Crippen molar-refractivity contribution in [2.75, 3.05) is 0 Å². The van der Waals surface area contributed by atoms with Crippen LogP contribution in [0.1, 0.15) is 0 Å². The summed E-state index contributed by atoms with van der Waals surface area (Å²) in [5.74, 6) is -0.518. The summed E-state index contributed by atoms with van der Waals surface area (Å²) in [6, 6.07) is 0. The number of hydrogen-bond donors (Lipinski definition) is 0. The van der Waals surface area contributed by atoms with Crippen LogP contribution >= 0.6 is 0 Å². The lowest BCUT2D eigenvalue weighted by Gasteiger charge is -1.85. The van der Waals surface area contributed by atoms with Crippen LogP contribution in [0.4, 0.5) is 5.82 Å². The van der Waals surface area contributed by atoms with Gasteiger partial charge in [0.05, 0.1) is 0 Å². The maximum atomic E-state index is 10.3. The molecule has 2 aromatic heterocycles. The molecular weight excluding hydrogens is 182 g/mol. The lowest BCUT2D eigenvalue weighted by Crippen LogP contribution is -1.90. The molecule has 0 aliphatic rings. The largest absolute Gasteiger partial charge is 0.444 e. The number of hydrogen-bond acceptors (Lipinski definition) is 8. The molecule has 0 radical (unpaired) electrons. The molecule has 0 fully saturated rings. The predicted molar refractivity (Wildman–Crippen MR) is 34.2 cm³/mol. The van der Waals surface area contributed by atoms with Crippen LogP contribution in [0, 0.1) is 10.1 Å². The molecule has 0 atom stereocenters. The van der Waals surface area contributed by atoms with E-state index in [1.54, 1.807) is 0 Å². The number of aromatic nitrogens is 4. The molecule has 0 aliphatic carbocycles. The van der Waals surface area contributed by atoms with E-state index < -0.39 is 10.7 Å². The van der Waals surface area contributed by atoms with Crippen LogP contribution in [-0.4, -0.2) is 25.5 Å². The molecule has 0 saturated carbocycles. The summed E-state index contributed by atoms with van der Waals surface area (Å²) in [5.41, 5.74) is -0.000741. The van der Waals surface area contributed by atoms with Gasteiger partial charge in [-0.15, -0.1) is 4.63 Å². The minimum absolute atomic E-state index is 0.105. The van der Waals surface area contributed by atoms with E-state index >= 15 is 0 Å². The molecule has 0 aliphatic heterocycles. The zero-order chi connectivity index (χ0) is 9.26. The van der Waals surface area contributed by atoms with Crippen LogP contribution in [0.3, 0.4) is 0 Å². The minimum atomic E-state index is -0.736. The average molecular weight is 183 g/mol. The SMILES string of the molecule is O=[N+]([O-])c1nonc1-c1cnon1. The third-order valence-corrected chi connectivity index (χ3v) is 1.25. The number of nitrogens with zero attached hydrogens (tertiary/aromatic N) is 5. The van der Waals surface area contributed by atoms with Gasteiger partial charge in [0, 0.05) is 0 Å². The van der Waals surface area contributed by atoms with Gasteiger partial charge in [-0.3, -0.25) is 0 Å². The van der Waals surface area contributed by atoms with E-state index in [9.17, 15) is 10.1 Å². The molecule has 0 unspecified atom stereocenters. The highest BCUT2D eigenvalue weighted by atomic mass is 16.6. The maximum absolute atomic E-state index is 10.3. The van der Waals surface area contributed by atoms with Gasteiger partial charge < -0.3 is 10.1 Å². The summed E-state index contributed by atoms with van der Waals surface area (Å²) < 4.78 is 8.42. The fourth-order valence-corrected chi connectivity index (χ4v) is 0.734. The topological polar surface area (TPSA) is 121 Å². The lowest BCUT2D eigenvalue weighted by atomic mass is 10.3. The molecular formula is C4HN5O4. The van der Waals surface area contributed by atoms with Crippen LogP contribution in [-0.2, 0) is 0 Å². The van der Waals surface area contributed by atoms with E-state index in [2.05, 4.69) is 29.9 Å². The van der Waals surface area contributed by atoms with Gasteiger partial charge in [0.25, 0.3) is 0 Å². The van der Waals surface area contributed by atoms with Gasteiger partial charge in [0.2, 0.25) is 5.69 Å². The van der Waals surface area contributed by atoms with Crippen LogP contribution < -0.4 is 0 Å². The van der Waals surface area contributed by atoms with Gasteiger partial charge in [0.15, 0.2) is 10.9 Å². The monoisotopic (exact) mass is 183 g/mol. The Labute approximate surface area is 69.4 Å². The van der Waals surface area contributed by atoms with E-state index in [1.165, 1.54) is 6.20 Å². The first-order valence-electron chi connectivity index (χ1n) is 3.04. The molecule has 2 aromatic rings. The number of nitro groups is 1. The highest BCUT2D eigenvalue weighted by Gasteiger charge is 2.25. The fraction of sp³-hybridized carbons (Fsp3) is 0. The van der Waals surface area contributed by atoms with Gasteiger partial charge in [-0.1, -0.05) is 5.16 Å². The van der Waals surface area contributed by atoms with Crippen molar-refractivity contribution in [2.45, 2.75) is 0 Å². The predicted octanol–water partition coefficient (Wildman–Crippen LogP) is 0.0278. The van der Waals surface area contributed by atoms with Crippen LogP contribution in [0.2, 0.25) is 0 Å². The summed E-state index contributed by atoms with van der Waals surface area (Å²) in [6.45, 7) is 0. The zero-order valence-electron chi connectivity index (χ0n) is 5.95. The second-order valence-corrected chi connectivity index (χ2v) is 1.99. The molecule has 0 aromatic carbocycles. The van der Waals surface area contributed by atoms with E-state index in [-0.39, 0.29) is 11.4 Å². The molecule has 9 nitrogen and oxygen atoms in total. The van der Waals surface area contributed by atoms with E-state index in [1.807, 2.05) is 0 Å². The summed E-state index contributed by atoms with van der Waals surface area (Å²) in [5, 5.41) is 23.3. The maximum Gasteiger partial charge on any atom is 0.444 e. The Kier molecular flexibility index (Phi) is 1.48. The normalized spacial score (nSPS) is 10.2. The number of rotatable bonds is 2. The van der Waals surface area contributed by atoms with Crippen LogP contribution in [0.5, 0.6) is 0 Å². The second kappa shape index (κ2) is 2.62. The molecule has 0 bridgehead atoms. The smallest absolute Gasteiger partial charge is 0.358 e. The first-order valence-corrected chi connectivity index (χ1v) is 3.04. The summed E-state index contributed by atoms with van der Waals surface area (Å²) in [6.07, 6.45) is 1.17. The van der Waals surface area contributed by atoms with Crippen molar-refractivity contribution < 1.29 is 14.2 Å². The Morgan fingerprint density at radius 3 is 2.77 bits per heavy atom. The highest BCUT2D eigenvalue weighted by molar-refractivity contribution is 5.60. The van der Waals surface area contributed by atoms with Crippen molar-refractivity contribution in [3.63, 3.8) is 0 Å². The summed E-state index contributed by atoms with van der Waals surface area (Å²) >= 11 is 0. The van der Waals surface area contributed by atoms with Gasteiger partial charge in [-0.05, 0) is 15.2 Å². The molecule has 66 valence electrons. The second-order valence-electron chi connectivity index (χ2n) is 1.99. The van der Waals surface area contributed by atoms with Gasteiger partial charge >= 0.3 is 5.82 Å². The van der Waals surface area contributed by atoms with Crippen molar-refractivity contribution in [1.29, 1.82) is 0 Å². The van der Waals surface area contributed by atoms with E-state index in [0.717, 1.165) is 0 Å². The van der Waals surface area contributed by atoms with Crippen molar-refractivity contribution in [3.05, 3.63) is 16.3 Å². The third-order valence-electron chi connectivity index (χ3n) is 1.25.